The summed E-state index contributed by atoms with van der Waals surface area (Å²) in [6.45, 7) is 6.68. The van der Waals surface area contributed by atoms with Gasteiger partial charge >= 0.3 is 0 Å². The van der Waals surface area contributed by atoms with Crippen LogP contribution in [0.25, 0.3) is 0 Å². The molecule has 0 saturated carbocycles. The van der Waals surface area contributed by atoms with Crippen LogP contribution < -0.4 is 5.32 Å². The van der Waals surface area contributed by atoms with Crippen molar-refractivity contribution in [1.82, 2.24) is 5.32 Å². The fourth-order valence-corrected chi connectivity index (χ4v) is 3.12. The lowest BCUT2D eigenvalue weighted by Gasteiger charge is -2.19. The minimum Gasteiger partial charge on any atom is -0.307 e. The van der Waals surface area contributed by atoms with Crippen LogP contribution in [0.2, 0.25) is 0 Å². The lowest BCUT2D eigenvalue weighted by Crippen LogP contribution is -2.28. The predicted molar refractivity (Wildman–Crippen MR) is 84.8 cm³/mol. The third kappa shape index (κ3) is 4.48. The highest BCUT2D eigenvalue weighted by atomic mass is 32.1. The molecule has 2 aromatic rings. The van der Waals surface area contributed by atoms with Crippen molar-refractivity contribution in [2.75, 3.05) is 0 Å². The first kappa shape index (κ1) is 14.3. The Morgan fingerprint density at radius 2 is 2.00 bits per heavy atom. The van der Waals surface area contributed by atoms with Gasteiger partial charge in [-0.15, -0.1) is 11.3 Å². The molecular weight excluding hydrogens is 250 g/mol. The van der Waals surface area contributed by atoms with Gasteiger partial charge in [0.25, 0.3) is 0 Å². The van der Waals surface area contributed by atoms with Gasteiger partial charge in [0.05, 0.1) is 0 Å². The molecule has 0 saturated heterocycles. The molecule has 1 heterocycles. The molecule has 0 fully saturated rings. The summed E-state index contributed by atoms with van der Waals surface area (Å²) < 4.78 is 0. The van der Waals surface area contributed by atoms with E-state index in [9.17, 15) is 0 Å². The van der Waals surface area contributed by atoms with E-state index in [1.807, 2.05) is 11.3 Å². The van der Waals surface area contributed by atoms with Crippen LogP contribution in [0.5, 0.6) is 0 Å². The number of benzene rings is 1. The summed E-state index contributed by atoms with van der Waals surface area (Å²) in [6.07, 6.45) is 2.33. The van der Waals surface area contributed by atoms with Crippen molar-refractivity contribution in [1.29, 1.82) is 0 Å². The third-order valence-electron chi connectivity index (χ3n) is 3.45. The van der Waals surface area contributed by atoms with Gasteiger partial charge in [-0.25, -0.2) is 0 Å². The van der Waals surface area contributed by atoms with Crippen molar-refractivity contribution in [2.45, 2.75) is 45.7 Å². The van der Waals surface area contributed by atoms with Crippen LogP contribution in [0.1, 0.15) is 42.3 Å². The monoisotopic (exact) mass is 273 g/mol. The van der Waals surface area contributed by atoms with Crippen LogP contribution >= 0.6 is 11.3 Å². The first-order valence-electron chi connectivity index (χ1n) is 7.00. The van der Waals surface area contributed by atoms with Gasteiger partial charge in [-0.1, -0.05) is 35.9 Å². The third-order valence-corrected chi connectivity index (χ3v) is 4.51. The average molecular weight is 273 g/mol. The topological polar surface area (TPSA) is 12.0 Å². The number of aryl methyl sites for hydroxylation is 2. The maximum absolute atomic E-state index is 3.68. The fourth-order valence-electron chi connectivity index (χ4n) is 2.38. The summed E-state index contributed by atoms with van der Waals surface area (Å²) in [7, 11) is 0. The molecule has 0 spiro atoms. The molecule has 0 amide bonds. The number of hydrogen-bond donors (Lipinski definition) is 1. The van der Waals surface area contributed by atoms with Crippen molar-refractivity contribution < 1.29 is 0 Å². The standard InChI is InChI=1S/C17H23NS/c1-13-6-4-7-16(12-13)10-9-14(2)18-15(3)17-8-5-11-19-17/h4-8,11-12,14-15,18H,9-10H2,1-3H3/t14?,15-/m1/s1. The Morgan fingerprint density at radius 3 is 2.68 bits per heavy atom. The van der Waals surface area contributed by atoms with Crippen molar-refractivity contribution in [3.63, 3.8) is 0 Å². The predicted octanol–water partition coefficient (Wildman–Crippen LogP) is 4.73. The number of nitrogens with one attached hydrogen (secondary N) is 1. The normalized spacial score (nSPS) is 14.3. The molecule has 0 bridgehead atoms. The highest BCUT2D eigenvalue weighted by Gasteiger charge is 2.10. The van der Waals surface area contributed by atoms with Gasteiger partial charge in [-0.3, -0.25) is 0 Å². The van der Waals surface area contributed by atoms with Crippen LogP contribution in [0.3, 0.4) is 0 Å². The Kier molecular flexibility index (Phi) is 5.17. The Hall–Kier alpha value is -1.12. The Labute approximate surface area is 120 Å². The molecule has 0 radical (unpaired) electrons. The van der Waals surface area contributed by atoms with Gasteiger partial charge in [0, 0.05) is 17.0 Å². The van der Waals surface area contributed by atoms with E-state index in [-0.39, 0.29) is 0 Å². The van der Waals surface area contributed by atoms with E-state index in [1.54, 1.807) is 0 Å². The highest BCUT2D eigenvalue weighted by Crippen LogP contribution is 2.19. The highest BCUT2D eigenvalue weighted by molar-refractivity contribution is 7.10. The van der Waals surface area contributed by atoms with Crippen LogP contribution in [-0.2, 0) is 6.42 Å². The van der Waals surface area contributed by atoms with E-state index in [0.29, 0.717) is 12.1 Å². The molecule has 1 aromatic heterocycles. The Balaban J connectivity index is 1.80. The van der Waals surface area contributed by atoms with Gasteiger partial charge in [0.2, 0.25) is 0 Å². The maximum atomic E-state index is 3.68. The number of hydrogen-bond acceptors (Lipinski definition) is 2. The summed E-state index contributed by atoms with van der Waals surface area (Å²) in [6, 6.07) is 14.1. The lowest BCUT2D eigenvalue weighted by molar-refractivity contribution is 0.460. The van der Waals surface area contributed by atoms with Crippen molar-refractivity contribution >= 4 is 11.3 Å². The summed E-state index contributed by atoms with van der Waals surface area (Å²) in [5.74, 6) is 0. The molecule has 0 aliphatic carbocycles. The van der Waals surface area contributed by atoms with Gasteiger partial charge in [0.1, 0.15) is 0 Å². The molecule has 1 aromatic carbocycles. The quantitative estimate of drug-likeness (QED) is 0.802. The summed E-state index contributed by atoms with van der Waals surface area (Å²) in [5.41, 5.74) is 2.79. The summed E-state index contributed by atoms with van der Waals surface area (Å²) >= 11 is 1.83. The number of thiophene rings is 1. The first-order chi connectivity index (χ1) is 9.15. The SMILES string of the molecule is Cc1cccc(CCC(C)N[C@H](C)c2cccs2)c1. The van der Waals surface area contributed by atoms with E-state index in [0.717, 1.165) is 6.42 Å². The molecule has 1 N–H and O–H groups in total. The minimum absolute atomic E-state index is 0.451. The minimum atomic E-state index is 0.451. The molecule has 2 heteroatoms. The van der Waals surface area contributed by atoms with Crippen molar-refractivity contribution in [3.8, 4) is 0 Å². The molecular formula is C17H23NS. The van der Waals surface area contributed by atoms with Crippen molar-refractivity contribution in [3.05, 3.63) is 57.8 Å². The molecule has 1 nitrogen and oxygen atoms in total. The zero-order chi connectivity index (χ0) is 13.7. The molecule has 2 atom stereocenters. The Morgan fingerprint density at radius 1 is 1.16 bits per heavy atom. The summed E-state index contributed by atoms with van der Waals surface area (Å²) in [4.78, 5) is 1.42. The smallest absolute Gasteiger partial charge is 0.0388 e. The van der Waals surface area contributed by atoms with E-state index in [4.69, 9.17) is 0 Å². The van der Waals surface area contributed by atoms with E-state index in [1.165, 1.54) is 22.4 Å². The maximum Gasteiger partial charge on any atom is 0.0388 e. The van der Waals surface area contributed by atoms with Crippen LogP contribution in [0, 0.1) is 6.92 Å². The summed E-state index contributed by atoms with van der Waals surface area (Å²) in [5, 5.41) is 5.82. The lowest BCUT2D eigenvalue weighted by atomic mass is 10.0. The van der Waals surface area contributed by atoms with Crippen LogP contribution in [0.15, 0.2) is 41.8 Å². The van der Waals surface area contributed by atoms with Crippen molar-refractivity contribution in [2.24, 2.45) is 0 Å². The van der Waals surface area contributed by atoms with Gasteiger partial charge in [-0.05, 0) is 50.6 Å². The second-order valence-electron chi connectivity index (χ2n) is 5.33. The first-order valence-corrected chi connectivity index (χ1v) is 7.88. The molecule has 102 valence electrons. The van der Waals surface area contributed by atoms with Crippen LogP contribution in [-0.4, -0.2) is 6.04 Å². The average Bonchev–Trinajstić information content (AvgIpc) is 2.90. The molecule has 2 rings (SSSR count). The van der Waals surface area contributed by atoms with Gasteiger partial charge < -0.3 is 5.32 Å². The zero-order valence-electron chi connectivity index (χ0n) is 12.0. The molecule has 0 aliphatic heterocycles. The van der Waals surface area contributed by atoms with Crippen LogP contribution in [0.4, 0.5) is 0 Å². The van der Waals surface area contributed by atoms with E-state index >= 15 is 0 Å². The van der Waals surface area contributed by atoms with E-state index < -0.39 is 0 Å². The van der Waals surface area contributed by atoms with E-state index in [2.05, 4.69) is 67.9 Å². The second-order valence-corrected chi connectivity index (χ2v) is 6.31. The zero-order valence-corrected chi connectivity index (χ0v) is 12.8. The van der Waals surface area contributed by atoms with Gasteiger partial charge in [0.15, 0.2) is 0 Å². The number of rotatable bonds is 6. The molecule has 19 heavy (non-hydrogen) atoms. The largest absolute Gasteiger partial charge is 0.307 e. The van der Waals surface area contributed by atoms with Gasteiger partial charge in [-0.2, -0.15) is 0 Å². The fraction of sp³-hybridized carbons (Fsp3) is 0.412. The molecule has 0 aliphatic rings. The second kappa shape index (κ2) is 6.88. The molecule has 1 unspecified atom stereocenters. The Bertz CT molecular complexity index is 490.